The third-order valence-electron chi connectivity index (χ3n) is 6.07. The van der Waals surface area contributed by atoms with Gasteiger partial charge in [0.1, 0.15) is 0 Å². The van der Waals surface area contributed by atoms with Crippen LogP contribution in [0.1, 0.15) is 45.2 Å². The summed E-state index contributed by atoms with van der Waals surface area (Å²) in [5.41, 5.74) is 2.92. The van der Waals surface area contributed by atoms with Gasteiger partial charge in [-0.1, -0.05) is 50.6 Å². The third kappa shape index (κ3) is 6.05. The Morgan fingerprint density at radius 3 is 2.09 bits per heavy atom. The van der Waals surface area contributed by atoms with Gasteiger partial charge in [-0.05, 0) is 43.7 Å². The van der Waals surface area contributed by atoms with Crippen LogP contribution in [0.4, 0.5) is 5.69 Å². The van der Waals surface area contributed by atoms with E-state index in [9.17, 15) is 22.0 Å². The molecule has 0 aliphatic carbocycles. The molecule has 1 heterocycles. The number of fused-ring (bicyclic) bond motifs is 1. The number of likely N-dealkylation sites (N-methyl/N-ethyl adjacent to an activating group) is 1. The van der Waals surface area contributed by atoms with E-state index in [-0.39, 0.29) is 24.5 Å². The first-order chi connectivity index (χ1) is 16.4. The molecule has 0 amide bonds. The minimum atomic E-state index is -3.57. The van der Waals surface area contributed by atoms with Crippen molar-refractivity contribution in [3.05, 3.63) is 69.9 Å². The van der Waals surface area contributed by atoms with Crippen LogP contribution in [0.25, 0.3) is 0 Å². The van der Waals surface area contributed by atoms with Gasteiger partial charge in [0.25, 0.3) is 0 Å². The van der Waals surface area contributed by atoms with E-state index in [1.54, 1.807) is 26.1 Å². The number of sulfone groups is 2. The molecule has 8 nitrogen and oxygen atoms in total. The molecule has 0 atom stereocenters. The van der Waals surface area contributed by atoms with Crippen LogP contribution in [0, 0.1) is 5.21 Å². The zero-order chi connectivity index (χ0) is 26.4. The van der Waals surface area contributed by atoms with Gasteiger partial charge in [-0.25, -0.2) is 21.8 Å². The summed E-state index contributed by atoms with van der Waals surface area (Å²) in [5.74, 6) is 0.340. The molecule has 0 spiro atoms. The maximum Gasteiger partial charge on any atom is 0.228 e. The van der Waals surface area contributed by atoms with Gasteiger partial charge in [0.2, 0.25) is 12.3 Å². The number of aliphatic imine (C=N–C) groups is 1. The zero-order valence-corrected chi connectivity index (χ0v) is 23.0. The van der Waals surface area contributed by atoms with Crippen LogP contribution >= 0.6 is 11.6 Å². The van der Waals surface area contributed by atoms with Gasteiger partial charge in [-0.3, -0.25) is 0 Å². The first-order valence-electron chi connectivity index (χ1n) is 11.2. The van der Waals surface area contributed by atoms with E-state index < -0.39 is 23.8 Å². The Morgan fingerprint density at radius 2 is 1.60 bits per heavy atom. The summed E-state index contributed by atoms with van der Waals surface area (Å²) >= 11 is 6.10. The van der Waals surface area contributed by atoms with E-state index >= 15 is 0 Å². The van der Waals surface area contributed by atoms with Crippen LogP contribution in [0.2, 0.25) is 5.02 Å². The summed E-state index contributed by atoms with van der Waals surface area (Å²) in [6, 6.07) is 15.0. The van der Waals surface area contributed by atoms with Gasteiger partial charge in [0.05, 0.1) is 11.3 Å². The molecule has 2 aromatic carbocycles. The Kier molecular flexibility index (Phi) is 9.49. The van der Waals surface area contributed by atoms with E-state index in [1.165, 1.54) is 20.8 Å². The van der Waals surface area contributed by atoms with Crippen LogP contribution in [0.5, 0.6) is 0 Å². The van der Waals surface area contributed by atoms with Crippen LogP contribution in [-0.4, -0.2) is 62.3 Å². The van der Waals surface area contributed by atoms with Gasteiger partial charge in [0.15, 0.2) is 29.6 Å². The Morgan fingerprint density at radius 1 is 1.03 bits per heavy atom. The summed E-state index contributed by atoms with van der Waals surface area (Å²) in [4.78, 5) is 4.51. The largest absolute Gasteiger partial charge is 0.623 e. The molecule has 0 saturated heterocycles. The average Bonchev–Trinajstić information content (AvgIpc) is 2.99. The fraction of sp³-hybridized carbons (Fsp3) is 0.417. The van der Waals surface area contributed by atoms with Crippen molar-refractivity contribution in [2.45, 2.75) is 38.2 Å². The maximum atomic E-state index is 12.6. The Balaban J connectivity index is 0.000000271. The molecule has 3 rings (SSSR count). The molecule has 0 unspecified atom stereocenters. The number of rotatable bonds is 6. The van der Waals surface area contributed by atoms with Crippen molar-refractivity contribution in [1.29, 1.82) is 0 Å². The summed E-state index contributed by atoms with van der Waals surface area (Å²) in [6.07, 6.45) is 0.0966. The zero-order valence-electron chi connectivity index (χ0n) is 20.6. The number of hydroxylamine groups is 1. The lowest BCUT2D eigenvalue weighted by atomic mass is 10.0. The van der Waals surface area contributed by atoms with E-state index in [1.807, 2.05) is 36.4 Å². The lowest BCUT2D eigenvalue weighted by Gasteiger charge is -2.26. The van der Waals surface area contributed by atoms with Crippen molar-refractivity contribution in [3.8, 4) is 0 Å². The minimum absolute atomic E-state index is 0.0966. The van der Waals surface area contributed by atoms with Crippen molar-refractivity contribution in [1.82, 2.24) is 5.32 Å². The first kappa shape index (κ1) is 28.8. The fourth-order valence-corrected chi connectivity index (χ4v) is 8.13. The Hall–Kier alpha value is -2.43. The van der Waals surface area contributed by atoms with Gasteiger partial charge >= 0.3 is 0 Å². The van der Waals surface area contributed by atoms with E-state index in [2.05, 4.69) is 10.3 Å². The quantitative estimate of drug-likeness (QED) is 0.437. The van der Waals surface area contributed by atoms with Gasteiger partial charge < -0.3 is 10.5 Å². The molecule has 11 heteroatoms. The van der Waals surface area contributed by atoms with E-state index in [4.69, 9.17) is 11.6 Å². The molecule has 0 radical (unpaired) electrons. The van der Waals surface area contributed by atoms with E-state index in [0.717, 1.165) is 21.6 Å². The summed E-state index contributed by atoms with van der Waals surface area (Å²) < 4.78 is 46.0. The Labute approximate surface area is 213 Å². The van der Waals surface area contributed by atoms with E-state index in [0.29, 0.717) is 16.6 Å². The molecule has 2 aromatic rings. The van der Waals surface area contributed by atoms with Gasteiger partial charge in [-0.2, -0.15) is 4.74 Å². The van der Waals surface area contributed by atoms with Crippen molar-refractivity contribution < 1.29 is 21.6 Å². The average molecular weight is 542 g/mol. The van der Waals surface area contributed by atoms with Crippen molar-refractivity contribution >= 4 is 48.5 Å². The molecule has 35 heavy (non-hydrogen) atoms. The highest BCUT2D eigenvalue weighted by Gasteiger charge is 2.47. The highest BCUT2D eigenvalue weighted by atomic mass is 35.5. The second-order valence-corrected chi connectivity index (χ2v) is 14.1. The number of benzene rings is 2. The molecule has 0 bridgehead atoms. The normalized spacial score (nSPS) is 14.3. The van der Waals surface area contributed by atoms with Gasteiger partial charge in [-0.15, -0.1) is 0 Å². The van der Waals surface area contributed by atoms with Crippen molar-refractivity contribution in [2.24, 2.45) is 4.99 Å². The number of hydrogen-bond acceptors (Lipinski definition) is 7. The highest BCUT2D eigenvalue weighted by Crippen LogP contribution is 2.30. The number of halogens is 1. The number of nitrogens with one attached hydrogen (secondary N) is 1. The molecule has 192 valence electrons. The molecule has 0 saturated carbocycles. The second-order valence-electron chi connectivity index (χ2n) is 8.02. The smallest absolute Gasteiger partial charge is 0.228 e. The Bertz CT molecular complexity index is 1290. The first-order valence-corrected chi connectivity index (χ1v) is 14.9. The third-order valence-corrected chi connectivity index (χ3v) is 12.6. The second kappa shape index (κ2) is 11.5. The summed E-state index contributed by atoms with van der Waals surface area (Å²) in [5, 5.41) is 16.1. The fourth-order valence-electron chi connectivity index (χ4n) is 3.60. The maximum absolute atomic E-state index is 12.6. The summed E-state index contributed by atoms with van der Waals surface area (Å²) in [7, 11) is -5.38. The van der Waals surface area contributed by atoms with Crippen LogP contribution in [0.3, 0.4) is 0 Å². The topological polar surface area (TPSA) is 119 Å². The SMILES string of the molecule is CCC(C)(S(=O)(=O)CC)S(=O)(=O)CC.CNC1=Nc2ccc(Cl)cc2C(c2ccccc2)=[N+]([O-])C1. The van der Waals surface area contributed by atoms with Crippen molar-refractivity contribution in [2.75, 3.05) is 25.1 Å². The lowest BCUT2D eigenvalue weighted by molar-refractivity contribution is -0.439. The lowest BCUT2D eigenvalue weighted by Crippen LogP contribution is -2.44. The van der Waals surface area contributed by atoms with Crippen molar-refractivity contribution in [3.63, 3.8) is 0 Å². The van der Waals surface area contributed by atoms with Gasteiger partial charge in [0, 0.05) is 29.1 Å². The standard InChI is InChI=1S/C16H14ClN3O.C8H18O4S2/c1-18-15-10-20(21)16(11-5-3-2-4-6-11)13-9-12(17)7-8-14(13)19-15;1-5-8(4,13(9,10)6-2)14(11,12)7-3/h2-9H,10H2,1H3,(H,18,19);5-7H2,1-4H3. The minimum Gasteiger partial charge on any atom is -0.623 e. The predicted octanol–water partition coefficient (Wildman–Crippen LogP) is 3.93. The monoisotopic (exact) mass is 541 g/mol. The molecule has 1 aliphatic heterocycles. The van der Waals surface area contributed by atoms with Crippen LogP contribution in [0.15, 0.2) is 53.5 Å². The number of nitrogens with zero attached hydrogens (tertiary/aromatic N) is 2. The highest BCUT2D eigenvalue weighted by molar-refractivity contribution is 8.10. The summed E-state index contributed by atoms with van der Waals surface area (Å²) in [6.45, 7) is 5.99. The predicted molar refractivity (Wildman–Crippen MR) is 143 cm³/mol. The molecule has 0 fully saturated rings. The van der Waals surface area contributed by atoms with Crippen LogP contribution < -0.4 is 5.32 Å². The molecular formula is C24H32ClN3O5S2. The number of amidine groups is 1. The molecule has 1 aliphatic rings. The molecule has 0 aromatic heterocycles. The van der Waals surface area contributed by atoms with Crippen LogP contribution in [-0.2, 0) is 19.7 Å². The number of hydrogen-bond donors (Lipinski definition) is 1. The molecule has 1 N–H and O–H groups in total. The molecular weight excluding hydrogens is 510 g/mol.